The Morgan fingerprint density at radius 2 is 1.75 bits per heavy atom. The zero-order chi connectivity index (χ0) is 23.7. The van der Waals surface area contributed by atoms with E-state index in [1.54, 1.807) is 25.3 Å². The normalized spacial score (nSPS) is 11.6. The summed E-state index contributed by atoms with van der Waals surface area (Å²) in [6.07, 6.45) is 3.52. The molecule has 0 aliphatic carbocycles. The lowest BCUT2D eigenvalue weighted by atomic mass is 10.2. The molecule has 174 valence electrons. The first-order chi connectivity index (χ1) is 15.2. The third kappa shape index (κ3) is 7.64. The van der Waals surface area contributed by atoms with Crippen LogP contribution in [0.1, 0.15) is 39.7 Å². The number of ether oxygens (including phenoxy) is 2. The van der Waals surface area contributed by atoms with E-state index in [-0.39, 0.29) is 0 Å². The summed E-state index contributed by atoms with van der Waals surface area (Å²) in [6.45, 7) is 10.1. The van der Waals surface area contributed by atoms with Gasteiger partial charge in [0.15, 0.2) is 23.1 Å². The zero-order valence-electron chi connectivity index (χ0n) is 19.3. The van der Waals surface area contributed by atoms with Crippen molar-refractivity contribution in [2.75, 3.05) is 25.6 Å². The number of nitrogens with zero attached hydrogens (tertiary/aromatic N) is 1. The Morgan fingerprint density at radius 1 is 1.03 bits per heavy atom. The van der Waals surface area contributed by atoms with Gasteiger partial charge in [-0.05, 0) is 70.0 Å². The van der Waals surface area contributed by atoms with Crippen LogP contribution in [0.4, 0.5) is 14.5 Å². The summed E-state index contributed by atoms with van der Waals surface area (Å²) in [5, 5.41) is 2.73. The highest BCUT2D eigenvalue weighted by molar-refractivity contribution is 6.02. The van der Waals surface area contributed by atoms with Gasteiger partial charge in [-0.1, -0.05) is 6.07 Å². The molecule has 0 spiro atoms. The Kier molecular flexibility index (Phi) is 9.65. The number of halogens is 2. The van der Waals surface area contributed by atoms with Gasteiger partial charge < -0.3 is 14.8 Å². The molecule has 0 aliphatic heterocycles. The highest BCUT2D eigenvalue weighted by Gasteiger charge is 2.13. The maximum atomic E-state index is 13.3. The average molecular weight is 447 g/mol. The Morgan fingerprint density at radius 3 is 2.38 bits per heavy atom. The van der Waals surface area contributed by atoms with Gasteiger partial charge in [0.25, 0.3) is 0 Å². The van der Waals surface area contributed by atoms with E-state index in [1.807, 2.05) is 0 Å². The molecule has 0 aliphatic rings. The summed E-state index contributed by atoms with van der Waals surface area (Å²) in [4.78, 5) is 14.6. The molecule has 0 aromatic heterocycles. The maximum absolute atomic E-state index is 13.3. The Hall–Kier alpha value is -2.93. The smallest absolute Gasteiger partial charge is 0.248 e. The fourth-order valence-electron chi connectivity index (χ4n) is 3.38. The van der Waals surface area contributed by atoms with Crippen molar-refractivity contribution in [3.05, 3.63) is 59.7 Å². The molecule has 7 heteroatoms. The van der Waals surface area contributed by atoms with Crippen molar-refractivity contribution in [2.45, 2.75) is 46.2 Å². The van der Waals surface area contributed by atoms with Crippen LogP contribution in [0.25, 0.3) is 6.08 Å². The van der Waals surface area contributed by atoms with Gasteiger partial charge in [0, 0.05) is 36.5 Å². The molecule has 2 rings (SSSR count). The molecule has 2 aromatic carbocycles. The fourth-order valence-corrected chi connectivity index (χ4v) is 3.38. The van der Waals surface area contributed by atoms with E-state index in [2.05, 4.69) is 37.9 Å². The van der Waals surface area contributed by atoms with Gasteiger partial charge in [0.05, 0.1) is 13.7 Å². The Balaban J connectivity index is 1.97. The highest BCUT2D eigenvalue weighted by atomic mass is 19.2. The minimum absolute atomic E-state index is 0.384. The van der Waals surface area contributed by atoms with Crippen molar-refractivity contribution in [1.29, 1.82) is 0 Å². The number of carbonyl (C=O) groups excluding carboxylic acids is 1. The van der Waals surface area contributed by atoms with Gasteiger partial charge in [-0.15, -0.1) is 0 Å². The van der Waals surface area contributed by atoms with Crippen LogP contribution in [-0.2, 0) is 4.79 Å². The van der Waals surface area contributed by atoms with E-state index in [4.69, 9.17) is 9.47 Å². The first-order valence-electron chi connectivity index (χ1n) is 10.7. The lowest BCUT2D eigenvalue weighted by molar-refractivity contribution is -0.111. The number of benzene rings is 2. The molecule has 2 aromatic rings. The van der Waals surface area contributed by atoms with Crippen molar-refractivity contribution in [3.8, 4) is 11.5 Å². The number of anilines is 1. The van der Waals surface area contributed by atoms with Gasteiger partial charge in [0.1, 0.15) is 0 Å². The lowest BCUT2D eigenvalue weighted by Gasteiger charge is -2.30. The topological polar surface area (TPSA) is 50.8 Å². The Bertz CT molecular complexity index is 921. The SMILES string of the molecule is COc1ccc(NC(=O)/C=C/c2ccc(F)c(F)c2)cc1OCCCN(C(C)C)C(C)C. The lowest BCUT2D eigenvalue weighted by Crippen LogP contribution is -2.38. The summed E-state index contributed by atoms with van der Waals surface area (Å²) in [5.74, 6) is -1.19. The first-order valence-corrected chi connectivity index (χ1v) is 10.7. The van der Waals surface area contributed by atoms with Crippen molar-refractivity contribution in [1.82, 2.24) is 4.90 Å². The molecule has 0 radical (unpaired) electrons. The third-order valence-electron chi connectivity index (χ3n) is 4.95. The number of nitrogens with one attached hydrogen (secondary N) is 1. The first kappa shape index (κ1) is 25.3. The van der Waals surface area contributed by atoms with Crippen LogP contribution in [0.5, 0.6) is 11.5 Å². The number of methoxy groups -OCH3 is 1. The monoisotopic (exact) mass is 446 g/mol. The molecule has 0 atom stereocenters. The van der Waals surface area contributed by atoms with Crippen LogP contribution in [0.15, 0.2) is 42.5 Å². The highest BCUT2D eigenvalue weighted by Crippen LogP contribution is 2.30. The number of hydrogen-bond donors (Lipinski definition) is 1. The van der Waals surface area contributed by atoms with Crippen LogP contribution in [0.3, 0.4) is 0 Å². The van der Waals surface area contributed by atoms with E-state index >= 15 is 0 Å². The van der Waals surface area contributed by atoms with Crippen molar-refractivity contribution < 1.29 is 23.0 Å². The van der Waals surface area contributed by atoms with Crippen molar-refractivity contribution in [2.24, 2.45) is 0 Å². The van der Waals surface area contributed by atoms with E-state index in [9.17, 15) is 13.6 Å². The molecule has 1 amide bonds. The minimum atomic E-state index is -0.964. The van der Waals surface area contributed by atoms with Gasteiger partial charge >= 0.3 is 0 Å². The second-order valence-corrected chi connectivity index (χ2v) is 7.99. The second kappa shape index (κ2) is 12.2. The molecule has 0 unspecified atom stereocenters. The molecule has 1 N–H and O–H groups in total. The van der Waals surface area contributed by atoms with Crippen LogP contribution >= 0.6 is 0 Å². The Labute approximate surface area is 189 Å². The molecule has 0 heterocycles. The number of rotatable bonds is 11. The molecule has 0 saturated carbocycles. The van der Waals surface area contributed by atoms with E-state index in [1.165, 1.54) is 18.2 Å². The third-order valence-corrected chi connectivity index (χ3v) is 4.95. The van der Waals surface area contributed by atoms with Crippen molar-refractivity contribution in [3.63, 3.8) is 0 Å². The molecule has 0 bridgehead atoms. The minimum Gasteiger partial charge on any atom is -0.493 e. The summed E-state index contributed by atoms with van der Waals surface area (Å²) in [5.41, 5.74) is 0.918. The molecule has 5 nitrogen and oxygen atoms in total. The fraction of sp³-hybridized carbons (Fsp3) is 0.400. The maximum Gasteiger partial charge on any atom is 0.248 e. The molecular weight excluding hydrogens is 414 g/mol. The zero-order valence-corrected chi connectivity index (χ0v) is 19.3. The number of amides is 1. The van der Waals surface area contributed by atoms with E-state index in [0.29, 0.717) is 41.4 Å². The van der Waals surface area contributed by atoms with Gasteiger partial charge in [0.2, 0.25) is 5.91 Å². The van der Waals surface area contributed by atoms with Gasteiger partial charge in [-0.25, -0.2) is 8.78 Å². The van der Waals surface area contributed by atoms with Crippen LogP contribution in [0.2, 0.25) is 0 Å². The predicted molar refractivity (Wildman–Crippen MR) is 124 cm³/mol. The van der Waals surface area contributed by atoms with Crippen molar-refractivity contribution >= 4 is 17.7 Å². The predicted octanol–water partition coefficient (Wildman–Crippen LogP) is 5.51. The molecule has 32 heavy (non-hydrogen) atoms. The largest absolute Gasteiger partial charge is 0.493 e. The second-order valence-electron chi connectivity index (χ2n) is 7.99. The summed E-state index contributed by atoms with van der Waals surface area (Å²) >= 11 is 0. The molecular formula is C25H32F2N2O3. The standard InChI is InChI=1S/C25H32F2N2O3/c1-17(2)29(18(3)4)13-6-14-32-24-16-20(9-11-23(24)31-5)28-25(30)12-8-19-7-10-21(26)22(27)15-19/h7-12,15-18H,6,13-14H2,1-5H3,(H,28,30)/b12-8+. The van der Waals surface area contributed by atoms with Crippen LogP contribution in [0, 0.1) is 11.6 Å². The summed E-state index contributed by atoms with van der Waals surface area (Å²) in [7, 11) is 1.56. The van der Waals surface area contributed by atoms with Gasteiger partial charge in [-0.2, -0.15) is 0 Å². The average Bonchev–Trinajstić information content (AvgIpc) is 2.74. The van der Waals surface area contributed by atoms with Gasteiger partial charge in [-0.3, -0.25) is 9.69 Å². The summed E-state index contributed by atoms with van der Waals surface area (Å²) in [6, 6.07) is 9.48. The summed E-state index contributed by atoms with van der Waals surface area (Å²) < 4.78 is 37.6. The quantitative estimate of drug-likeness (QED) is 0.365. The number of carbonyl (C=O) groups is 1. The molecule has 0 saturated heterocycles. The number of hydrogen-bond acceptors (Lipinski definition) is 4. The van der Waals surface area contributed by atoms with Crippen LogP contribution < -0.4 is 14.8 Å². The van der Waals surface area contributed by atoms with E-state index < -0.39 is 17.5 Å². The molecule has 0 fully saturated rings. The van der Waals surface area contributed by atoms with E-state index in [0.717, 1.165) is 25.1 Å². The van der Waals surface area contributed by atoms with Crippen LogP contribution in [-0.4, -0.2) is 43.2 Å².